The van der Waals surface area contributed by atoms with Gasteiger partial charge in [0.1, 0.15) is 5.58 Å². The fourth-order valence-corrected chi connectivity index (χ4v) is 2.86. The van der Waals surface area contributed by atoms with Crippen molar-refractivity contribution in [1.29, 1.82) is 0 Å². The molecule has 2 aromatic carbocycles. The third-order valence-electron chi connectivity index (χ3n) is 4.46. The summed E-state index contributed by atoms with van der Waals surface area (Å²) < 4.78 is 10.6. The molecule has 0 radical (unpaired) electrons. The maximum atomic E-state index is 12.1. The quantitative estimate of drug-likeness (QED) is 0.621. The van der Waals surface area contributed by atoms with Gasteiger partial charge in [0.15, 0.2) is 6.61 Å². The van der Waals surface area contributed by atoms with Crippen molar-refractivity contribution in [2.24, 2.45) is 0 Å². The van der Waals surface area contributed by atoms with Crippen LogP contribution in [0.2, 0.25) is 0 Å². The van der Waals surface area contributed by atoms with Gasteiger partial charge in [-0.1, -0.05) is 0 Å². The molecule has 1 heterocycles. The smallest absolute Gasteiger partial charge is 0.310 e. The molecule has 0 saturated heterocycles. The van der Waals surface area contributed by atoms with Gasteiger partial charge in [0.25, 0.3) is 5.91 Å². The molecule has 2 amide bonds. The number of aryl methyl sites for hydroxylation is 2. The molecule has 0 aliphatic heterocycles. The van der Waals surface area contributed by atoms with Crippen molar-refractivity contribution >= 4 is 40.1 Å². The van der Waals surface area contributed by atoms with Crippen LogP contribution < -0.4 is 10.6 Å². The highest BCUT2D eigenvalue weighted by Crippen LogP contribution is 2.25. The third-order valence-corrected chi connectivity index (χ3v) is 4.46. The molecular formula is C22H22N2O5. The lowest BCUT2D eigenvalue weighted by Crippen LogP contribution is -2.21. The Labute approximate surface area is 168 Å². The number of anilines is 2. The molecule has 29 heavy (non-hydrogen) atoms. The predicted octanol–water partition coefficient (Wildman–Crippen LogP) is 3.73. The predicted molar refractivity (Wildman–Crippen MR) is 110 cm³/mol. The molecule has 7 nitrogen and oxygen atoms in total. The lowest BCUT2D eigenvalue weighted by molar-refractivity contribution is -0.146. The summed E-state index contributed by atoms with van der Waals surface area (Å²) in [7, 11) is 0. The number of nitrogens with one attached hydrogen (secondary N) is 2. The highest BCUT2D eigenvalue weighted by atomic mass is 16.5. The maximum absolute atomic E-state index is 12.1. The van der Waals surface area contributed by atoms with E-state index in [1.165, 1.54) is 6.92 Å². The number of rotatable bonds is 6. The second-order valence-corrected chi connectivity index (χ2v) is 6.84. The maximum Gasteiger partial charge on any atom is 0.310 e. The van der Waals surface area contributed by atoms with E-state index in [4.69, 9.17) is 9.15 Å². The third kappa shape index (κ3) is 5.22. The van der Waals surface area contributed by atoms with Gasteiger partial charge in [-0.25, -0.2) is 0 Å². The molecule has 0 bridgehead atoms. The van der Waals surface area contributed by atoms with Crippen LogP contribution in [0.5, 0.6) is 0 Å². The van der Waals surface area contributed by atoms with E-state index < -0.39 is 11.9 Å². The lowest BCUT2D eigenvalue weighted by Gasteiger charge is -2.08. The zero-order valence-electron chi connectivity index (χ0n) is 16.5. The summed E-state index contributed by atoms with van der Waals surface area (Å²) in [6.45, 7) is 5.02. The van der Waals surface area contributed by atoms with Crippen molar-refractivity contribution in [3.05, 3.63) is 59.4 Å². The second kappa shape index (κ2) is 8.60. The molecule has 0 spiro atoms. The van der Waals surface area contributed by atoms with Crippen LogP contribution in [0, 0.1) is 13.8 Å². The number of amides is 2. The van der Waals surface area contributed by atoms with Crippen LogP contribution in [0.1, 0.15) is 23.6 Å². The van der Waals surface area contributed by atoms with Crippen LogP contribution in [0.4, 0.5) is 11.4 Å². The average Bonchev–Trinajstić information content (AvgIpc) is 3.03. The molecule has 7 heteroatoms. The van der Waals surface area contributed by atoms with E-state index >= 15 is 0 Å². The molecule has 1 aromatic heterocycles. The lowest BCUT2D eigenvalue weighted by atomic mass is 10.0. The molecule has 3 aromatic rings. The van der Waals surface area contributed by atoms with Crippen molar-refractivity contribution in [1.82, 2.24) is 0 Å². The Morgan fingerprint density at radius 2 is 1.59 bits per heavy atom. The fourth-order valence-electron chi connectivity index (χ4n) is 2.86. The van der Waals surface area contributed by atoms with Gasteiger partial charge in [-0.05, 0) is 61.4 Å². The van der Waals surface area contributed by atoms with Gasteiger partial charge in [-0.3, -0.25) is 14.4 Å². The first-order valence-electron chi connectivity index (χ1n) is 9.12. The molecule has 0 saturated carbocycles. The van der Waals surface area contributed by atoms with E-state index in [-0.39, 0.29) is 18.9 Å². The van der Waals surface area contributed by atoms with Crippen LogP contribution in [0.25, 0.3) is 11.0 Å². The van der Waals surface area contributed by atoms with Gasteiger partial charge in [-0.15, -0.1) is 0 Å². The van der Waals surface area contributed by atoms with Gasteiger partial charge in [0, 0.05) is 29.2 Å². The summed E-state index contributed by atoms with van der Waals surface area (Å²) in [5, 5.41) is 6.14. The van der Waals surface area contributed by atoms with E-state index in [2.05, 4.69) is 10.6 Å². The Kier molecular flexibility index (Phi) is 5.97. The van der Waals surface area contributed by atoms with Crippen molar-refractivity contribution in [2.45, 2.75) is 27.2 Å². The van der Waals surface area contributed by atoms with Crippen molar-refractivity contribution in [3.63, 3.8) is 0 Å². The number of furan rings is 1. The minimum Gasteiger partial charge on any atom is -0.464 e. The van der Waals surface area contributed by atoms with E-state index in [9.17, 15) is 14.4 Å². The summed E-state index contributed by atoms with van der Waals surface area (Å²) in [5.74, 6) is -1.14. The first-order valence-corrected chi connectivity index (χ1v) is 9.12. The van der Waals surface area contributed by atoms with Crippen LogP contribution in [-0.2, 0) is 25.5 Å². The number of benzene rings is 2. The van der Waals surface area contributed by atoms with Gasteiger partial charge < -0.3 is 19.8 Å². The van der Waals surface area contributed by atoms with Gasteiger partial charge in [-0.2, -0.15) is 0 Å². The highest BCUT2D eigenvalue weighted by molar-refractivity contribution is 5.94. The largest absolute Gasteiger partial charge is 0.464 e. The van der Waals surface area contributed by atoms with Crippen LogP contribution in [0.3, 0.4) is 0 Å². The molecule has 0 aliphatic carbocycles. The van der Waals surface area contributed by atoms with Crippen molar-refractivity contribution in [3.8, 4) is 0 Å². The Hall–Kier alpha value is -3.61. The molecule has 2 N–H and O–H groups in total. The molecule has 0 atom stereocenters. The van der Waals surface area contributed by atoms with Gasteiger partial charge in [0.05, 0.1) is 12.7 Å². The van der Waals surface area contributed by atoms with E-state index in [1.807, 2.05) is 26.0 Å². The normalized spacial score (nSPS) is 10.6. The molecular weight excluding hydrogens is 372 g/mol. The zero-order chi connectivity index (χ0) is 21.0. The SMILES string of the molecule is CC(=O)Nc1ccc(NC(=O)COC(=O)Cc2coc3cc(C)c(C)cc23)cc1. The Balaban J connectivity index is 1.52. The number of carbonyl (C=O) groups is 3. The minimum atomic E-state index is -0.512. The molecule has 0 unspecified atom stereocenters. The summed E-state index contributed by atoms with van der Waals surface area (Å²) in [4.78, 5) is 35.1. The van der Waals surface area contributed by atoms with E-state index in [0.717, 1.165) is 27.7 Å². The Morgan fingerprint density at radius 1 is 0.966 bits per heavy atom. The molecule has 0 aliphatic rings. The zero-order valence-corrected chi connectivity index (χ0v) is 16.5. The van der Waals surface area contributed by atoms with Crippen molar-refractivity contribution in [2.75, 3.05) is 17.2 Å². The summed E-state index contributed by atoms with van der Waals surface area (Å²) >= 11 is 0. The number of hydrogen-bond acceptors (Lipinski definition) is 5. The summed E-state index contributed by atoms with van der Waals surface area (Å²) in [5.41, 5.74) is 4.82. The molecule has 3 rings (SSSR count). The monoisotopic (exact) mass is 394 g/mol. The number of carbonyl (C=O) groups excluding carboxylic acids is 3. The first kappa shape index (κ1) is 20.1. The molecule has 150 valence electrons. The van der Waals surface area contributed by atoms with Crippen LogP contribution in [0.15, 0.2) is 47.1 Å². The number of esters is 1. The Morgan fingerprint density at radius 3 is 2.24 bits per heavy atom. The average molecular weight is 394 g/mol. The van der Waals surface area contributed by atoms with Crippen LogP contribution in [-0.4, -0.2) is 24.4 Å². The van der Waals surface area contributed by atoms with Gasteiger partial charge >= 0.3 is 5.97 Å². The first-order chi connectivity index (χ1) is 13.8. The Bertz CT molecular complexity index is 1070. The topological polar surface area (TPSA) is 97.6 Å². The summed E-state index contributed by atoms with van der Waals surface area (Å²) in [6, 6.07) is 10.5. The second-order valence-electron chi connectivity index (χ2n) is 6.84. The number of ether oxygens (including phenoxy) is 1. The van der Waals surface area contributed by atoms with Gasteiger partial charge in [0.2, 0.25) is 5.91 Å². The number of hydrogen-bond donors (Lipinski definition) is 2. The minimum absolute atomic E-state index is 0.0220. The number of fused-ring (bicyclic) bond motifs is 1. The van der Waals surface area contributed by atoms with E-state index in [0.29, 0.717) is 11.4 Å². The van der Waals surface area contributed by atoms with E-state index in [1.54, 1.807) is 30.5 Å². The highest BCUT2D eigenvalue weighted by Gasteiger charge is 2.14. The standard InChI is InChI=1S/C22H22N2O5/c1-13-8-19-16(11-28-20(19)9-14(13)2)10-22(27)29-12-21(26)24-18-6-4-17(5-7-18)23-15(3)25/h4-9,11H,10,12H2,1-3H3,(H,23,25)(H,24,26). The fraction of sp³-hybridized carbons (Fsp3) is 0.227. The van der Waals surface area contributed by atoms with Crippen LogP contribution >= 0.6 is 0 Å². The van der Waals surface area contributed by atoms with Crippen molar-refractivity contribution < 1.29 is 23.5 Å². The summed E-state index contributed by atoms with van der Waals surface area (Å²) in [6.07, 6.45) is 1.57. The molecule has 0 fully saturated rings.